The molecule has 62 valence electrons. The Labute approximate surface area is 74.7 Å². The van der Waals surface area contributed by atoms with Crippen molar-refractivity contribution in [1.82, 2.24) is 0 Å². The van der Waals surface area contributed by atoms with Crippen LogP contribution in [0.15, 0.2) is 23.2 Å². The van der Waals surface area contributed by atoms with Gasteiger partial charge in [-0.1, -0.05) is 17.7 Å². The second-order valence-corrected chi connectivity index (χ2v) is 2.96. The first-order valence-corrected chi connectivity index (χ1v) is 3.91. The highest BCUT2D eigenvalue weighted by atomic mass is 35.5. The van der Waals surface area contributed by atoms with E-state index in [-0.39, 0.29) is 0 Å². The number of hydrogen-bond donors (Lipinski definition) is 2. The van der Waals surface area contributed by atoms with Gasteiger partial charge in [0.05, 0.1) is 6.34 Å². The van der Waals surface area contributed by atoms with E-state index in [1.165, 1.54) is 6.34 Å². The summed E-state index contributed by atoms with van der Waals surface area (Å²) in [4.78, 5) is 3.78. The standard InChI is InChI=1S/C8H7ClN2O/c9-5-1-2-6-7(3-5)10-4-11-8(6)12/h1-4,8,12H,(H,10,11). The number of fused-ring (bicyclic) bond motifs is 1. The summed E-state index contributed by atoms with van der Waals surface area (Å²) in [5.41, 5.74) is 1.56. The van der Waals surface area contributed by atoms with Gasteiger partial charge in [-0.2, -0.15) is 0 Å². The van der Waals surface area contributed by atoms with Gasteiger partial charge in [0.25, 0.3) is 0 Å². The van der Waals surface area contributed by atoms with Crippen molar-refractivity contribution in [2.45, 2.75) is 6.23 Å². The number of nitrogens with one attached hydrogen (secondary N) is 1. The number of aliphatic imine (C=N–C) groups is 1. The van der Waals surface area contributed by atoms with E-state index < -0.39 is 6.23 Å². The van der Waals surface area contributed by atoms with Crippen molar-refractivity contribution in [3.8, 4) is 0 Å². The van der Waals surface area contributed by atoms with Gasteiger partial charge in [0.15, 0.2) is 6.23 Å². The molecule has 1 heterocycles. The quantitative estimate of drug-likeness (QED) is 0.643. The molecule has 0 aliphatic carbocycles. The Hall–Kier alpha value is -1.06. The molecule has 0 saturated heterocycles. The van der Waals surface area contributed by atoms with Crippen molar-refractivity contribution >= 4 is 23.6 Å². The Balaban J connectivity index is 2.51. The molecule has 1 atom stereocenters. The Morgan fingerprint density at radius 3 is 3.17 bits per heavy atom. The van der Waals surface area contributed by atoms with E-state index in [0.717, 1.165) is 11.3 Å². The lowest BCUT2D eigenvalue weighted by molar-refractivity contribution is 0.189. The molecule has 1 unspecified atom stereocenters. The molecule has 1 aliphatic heterocycles. The minimum atomic E-state index is -0.765. The van der Waals surface area contributed by atoms with Crippen LogP contribution in [0.2, 0.25) is 5.02 Å². The zero-order chi connectivity index (χ0) is 8.55. The fourth-order valence-electron chi connectivity index (χ4n) is 1.14. The van der Waals surface area contributed by atoms with E-state index in [1.54, 1.807) is 18.2 Å². The van der Waals surface area contributed by atoms with Crippen LogP contribution in [0.5, 0.6) is 0 Å². The molecule has 0 amide bonds. The summed E-state index contributed by atoms with van der Waals surface area (Å²) in [7, 11) is 0. The Bertz CT molecular complexity index is 338. The molecule has 0 bridgehead atoms. The van der Waals surface area contributed by atoms with Crippen LogP contribution in [0, 0.1) is 0 Å². The maximum Gasteiger partial charge on any atom is 0.174 e. The lowest BCUT2D eigenvalue weighted by Gasteiger charge is -2.16. The molecule has 0 fully saturated rings. The van der Waals surface area contributed by atoms with Crippen LogP contribution in [0.1, 0.15) is 11.8 Å². The van der Waals surface area contributed by atoms with Gasteiger partial charge in [0.2, 0.25) is 0 Å². The highest BCUT2D eigenvalue weighted by Crippen LogP contribution is 2.28. The fraction of sp³-hybridized carbons (Fsp3) is 0.125. The number of hydrogen-bond acceptors (Lipinski definition) is 3. The van der Waals surface area contributed by atoms with Crippen LogP contribution in [0.25, 0.3) is 0 Å². The largest absolute Gasteiger partial charge is 0.368 e. The zero-order valence-electron chi connectivity index (χ0n) is 6.16. The van der Waals surface area contributed by atoms with Crippen LogP contribution in [-0.4, -0.2) is 11.4 Å². The summed E-state index contributed by atoms with van der Waals surface area (Å²) >= 11 is 5.76. The van der Waals surface area contributed by atoms with E-state index in [9.17, 15) is 5.11 Å². The molecular formula is C8H7ClN2O. The molecule has 12 heavy (non-hydrogen) atoms. The molecule has 4 heteroatoms. The minimum Gasteiger partial charge on any atom is -0.368 e. The number of nitrogens with zero attached hydrogens (tertiary/aromatic N) is 1. The maximum atomic E-state index is 9.37. The number of halogens is 1. The molecule has 1 aromatic rings. The summed E-state index contributed by atoms with van der Waals surface area (Å²) in [6.07, 6.45) is 0.696. The van der Waals surface area contributed by atoms with E-state index in [1.807, 2.05) is 0 Å². The van der Waals surface area contributed by atoms with Gasteiger partial charge < -0.3 is 10.4 Å². The highest BCUT2D eigenvalue weighted by molar-refractivity contribution is 6.31. The Morgan fingerprint density at radius 1 is 1.50 bits per heavy atom. The van der Waals surface area contributed by atoms with Gasteiger partial charge in [0, 0.05) is 16.3 Å². The third kappa shape index (κ3) is 1.17. The molecular weight excluding hydrogens is 176 g/mol. The lowest BCUT2D eigenvalue weighted by Crippen LogP contribution is -2.09. The smallest absolute Gasteiger partial charge is 0.174 e. The van der Waals surface area contributed by atoms with Crippen molar-refractivity contribution in [2.24, 2.45) is 4.99 Å². The van der Waals surface area contributed by atoms with E-state index in [4.69, 9.17) is 11.6 Å². The Morgan fingerprint density at radius 2 is 2.33 bits per heavy atom. The van der Waals surface area contributed by atoms with Gasteiger partial charge in [-0.3, -0.25) is 0 Å². The molecule has 0 radical (unpaired) electrons. The first kappa shape index (κ1) is 7.58. The van der Waals surface area contributed by atoms with Crippen LogP contribution >= 0.6 is 11.6 Å². The van der Waals surface area contributed by atoms with Crippen molar-refractivity contribution in [3.63, 3.8) is 0 Å². The lowest BCUT2D eigenvalue weighted by atomic mass is 10.1. The fourth-order valence-corrected chi connectivity index (χ4v) is 1.31. The zero-order valence-corrected chi connectivity index (χ0v) is 6.92. The van der Waals surface area contributed by atoms with Crippen LogP contribution in [0.3, 0.4) is 0 Å². The van der Waals surface area contributed by atoms with Crippen molar-refractivity contribution < 1.29 is 5.11 Å². The van der Waals surface area contributed by atoms with Crippen LogP contribution in [-0.2, 0) is 0 Å². The summed E-state index contributed by atoms with van der Waals surface area (Å²) < 4.78 is 0. The van der Waals surface area contributed by atoms with Gasteiger partial charge in [0.1, 0.15) is 0 Å². The van der Waals surface area contributed by atoms with Crippen LogP contribution < -0.4 is 5.32 Å². The highest BCUT2D eigenvalue weighted by Gasteiger charge is 2.13. The van der Waals surface area contributed by atoms with Crippen LogP contribution in [0.4, 0.5) is 5.69 Å². The number of aliphatic hydroxyl groups excluding tert-OH is 1. The molecule has 0 spiro atoms. The second-order valence-electron chi connectivity index (χ2n) is 2.53. The summed E-state index contributed by atoms with van der Waals surface area (Å²) in [6, 6.07) is 5.24. The second kappa shape index (κ2) is 2.77. The average molecular weight is 183 g/mol. The van der Waals surface area contributed by atoms with Crippen molar-refractivity contribution in [2.75, 3.05) is 5.32 Å². The Kier molecular flexibility index (Phi) is 1.75. The van der Waals surface area contributed by atoms with Crippen molar-refractivity contribution in [3.05, 3.63) is 28.8 Å². The number of rotatable bonds is 0. The molecule has 0 aromatic heterocycles. The summed E-state index contributed by atoms with van der Waals surface area (Å²) in [5, 5.41) is 12.9. The molecule has 1 aromatic carbocycles. The molecule has 0 saturated carbocycles. The predicted molar refractivity (Wildman–Crippen MR) is 48.5 cm³/mol. The van der Waals surface area contributed by atoms with Gasteiger partial charge in [-0.25, -0.2) is 4.99 Å². The topological polar surface area (TPSA) is 44.6 Å². The monoisotopic (exact) mass is 182 g/mol. The minimum absolute atomic E-state index is 0.642. The maximum absolute atomic E-state index is 9.37. The van der Waals surface area contributed by atoms with Gasteiger partial charge in [-0.05, 0) is 12.1 Å². The first-order valence-electron chi connectivity index (χ1n) is 3.53. The SMILES string of the molecule is OC1N=CNc2cc(Cl)ccc21. The van der Waals surface area contributed by atoms with Gasteiger partial charge >= 0.3 is 0 Å². The molecule has 2 rings (SSSR count). The normalized spacial score (nSPS) is 20.0. The molecule has 1 aliphatic rings. The predicted octanol–water partition coefficient (Wildman–Crippen LogP) is 1.78. The van der Waals surface area contributed by atoms with E-state index in [2.05, 4.69) is 10.3 Å². The van der Waals surface area contributed by atoms with E-state index >= 15 is 0 Å². The first-order chi connectivity index (χ1) is 5.77. The average Bonchev–Trinajstić information content (AvgIpc) is 2.04. The van der Waals surface area contributed by atoms with Crippen molar-refractivity contribution in [1.29, 1.82) is 0 Å². The number of anilines is 1. The summed E-state index contributed by atoms with van der Waals surface area (Å²) in [6.45, 7) is 0. The van der Waals surface area contributed by atoms with E-state index in [0.29, 0.717) is 5.02 Å². The third-order valence-corrected chi connectivity index (χ3v) is 1.96. The third-order valence-electron chi connectivity index (χ3n) is 1.73. The number of benzene rings is 1. The van der Waals surface area contributed by atoms with Gasteiger partial charge in [-0.15, -0.1) is 0 Å². The number of aliphatic hydroxyl groups is 1. The summed E-state index contributed by atoms with van der Waals surface area (Å²) in [5.74, 6) is 0. The molecule has 3 nitrogen and oxygen atoms in total. The molecule has 2 N–H and O–H groups in total.